The number of aliphatic carboxylic acids is 1. The average Bonchev–Trinajstić information content (AvgIpc) is 3.55. The van der Waals surface area contributed by atoms with Crippen LogP contribution in [0.1, 0.15) is 40.3 Å². The van der Waals surface area contributed by atoms with Crippen LogP contribution in [0.2, 0.25) is 5.02 Å². The van der Waals surface area contributed by atoms with Crippen molar-refractivity contribution in [1.82, 2.24) is 0 Å². The van der Waals surface area contributed by atoms with Crippen molar-refractivity contribution in [3.8, 4) is 5.75 Å². The Balaban J connectivity index is 1.31. The van der Waals surface area contributed by atoms with Gasteiger partial charge in [-0.25, -0.2) is 4.79 Å². The molecule has 9 heteroatoms. The summed E-state index contributed by atoms with van der Waals surface area (Å²) in [5.41, 5.74) is 3.18. The zero-order valence-corrected chi connectivity index (χ0v) is 29.6. The van der Waals surface area contributed by atoms with E-state index in [1.807, 2.05) is 128 Å². The lowest BCUT2D eigenvalue weighted by Crippen LogP contribution is -2.68. The molecule has 2 aliphatic rings. The van der Waals surface area contributed by atoms with Crippen LogP contribution in [-0.4, -0.2) is 48.2 Å². The molecule has 52 heavy (non-hydrogen) atoms. The first-order valence-corrected chi connectivity index (χ1v) is 17.8. The first-order chi connectivity index (χ1) is 25.4. The van der Waals surface area contributed by atoms with E-state index in [4.69, 9.17) is 40.0 Å². The molecule has 2 heterocycles. The van der Waals surface area contributed by atoms with Gasteiger partial charge in [-0.2, -0.15) is 0 Å². The Morgan fingerprint density at radius 1 is 0.731 bits per heavy atom. The lowest BCUT2D eigenvalue weighted by atomic mass is 9.82. The van der Waals surface area contributed by atoms with E-state index in [-0.39, 0.29) is 26.4 Å². The van der Waals surface area contributed by atoms with E-state index in [0.717, 1.165) is 33.6 Å². The molecule has 2 aliphatic heterocycles. The van der Waals surface area contributed by atoms with Crippen LogP contribution in [0.25, 0.3) is 0 Å². The Hall–Kier alpha value is -4.54. The minimum atomic E-state index is -1.92. The minimum absolute atomic E-state index is 0.126. The summed E-state index contributed by atoms with van der Waals surface area (Å²) < 4.78 is 39.1. The summed E-state index contributed by atoms with van der Waals surface area (Å²) in [5, 5.41) is 11.5. The molecule has 7 rings (SSSR count). The van der Waals surface area contributed by atoms with Crippen molar-refractivity contribution in [2.24, 2.45) is 0 Å². The summed E-state index contributed by atoms with van der Waals surface area (Å²) >= 11 is 6.81. The predicted octanol–water partition coefficient (Wildman–Crippen LogP) is 8.12. The maximum atomic E-state index is 13.5. The topological polar surface area (TPSA) is 92.7 Å². The number of hydrogen-bond acceptors (Lipinski definition) is 7. The highest BCUT2D eigenvalue weighted by atomic mass is 35.5. The van der Waals surface area contributed by atoms with Gasteiger partial charge in [0.05, 0.1) is 33.0 Å². The van der Waals surface area contributed by atoms with Gasteiger partial charge in [0.1, 0.15) is 24.1 Å². The summed E-state index contributed by atoms with van der Waals surface area (Å²) in [7, 11) is 0. The molecule has 5 atom stereocenters. The number of benzene rings is 5. The third-order valence-electron chi connectivity index (χ3n) is 9.53. The molecule has 5 aromatic rings. The normalized spacial score (nSPS) is 23.7. The van der Waals surface area contributed by atoms with Crippen LogP contribution in [-0.2, 0) is 60.5 Å². The monoisotopic (exact) mass is 720 g/mol. The van der Waals surface area contributed by atoms with Gasteiger partial charge >= 0.3 is 5.97 Å². The minimum Gasteiger partial charge on any atom is -0.494 e. The Labute approximate surface area is 308 Å². The van der Waals surface area contributed by atoms with Crippen LogP contribution in [0.5, 0.6) is 5.75 Å². The molecule has 0 spiro atoms. The van der Waals surface area contributed by atoms with E-state index in [1.165, 1.54) is 0 Å². The van der Waals surface area contributed by atoms with Gasteiger partial charge in [-0.3, -0.25) is 0 Å². The average molecular weight is 721 g/mol. The van der Waals surface area contributed by atoms with Crippen molar-refractivity contribution < 1.29 is 38.3 Å². The maximum absolute atomic E-state index is 13.5. The van der Waals surface area contributed by atoms with E-state index in [2.05, 4.69) is 0 Å². The van der Waals surface area contributed by atoms with Gasteiger partial charge in [0.2, 0.25) is 11.4 Å². The Morgan fingerprint density at radius 2 is 1.29 bits per heavy atom. The number of fused-ring (bicyclic) bond motifs is 2. The second-order valence-corrected chi connectivity index (χ2v) is 13.4. The van der Waals surface area contributed by atoms with Gasteiger partial charge in [0.15, 0.2) is 0 Å². The van der Waals surface area contributed by atoms with Gasteiger partial charge in [0.25, 0.3) is 0 Å². The largest absolute Gasteiger partial charge is 0.494 e. The molecule has 5 unspecified atom stereocenters. The van der Waals surface area contributed by atoms with Crippen molar-refractivity contribution >= 4 is 17.6 Å². The maximum Gasteiger partial charge on any atom is 0.341 e. The van der Waals surface area contributed by atoms with E-state index in [9.17, 15) is 9.90 Å². The summed E-state index contributed by atoms with van der Waals surface area (Å²) in [6.45, 7) is 2.72. The first kappa shape index (κ1) is 35.8. The van der Waals surface area contributed by atoms with Crippen molar-refractivity contribution in [2.75, 3.05) is 13.2 Å². The number of carbonyl (C=O) groups is 1. The molecule has 0 aliphatic carbocycles. The van der Waals surface area contributed by atoms with Crippen molar-refractivity contribution in [2.45, 2.75) is 62.9 Å². The fourth-order valence-electron chi connectivity index (χ4n) is 6.91. The standard InChI is InChI=1S/C43H41ClO8/c1-2-47-36-21-18-30(19-22-36)24-34-25-35(20-23-37(34)44)43-40(50-28-33-16-10-5-11-17-33)38(48-26-31-12-6-3-7-13-31)39(42(52-43,29-51-43)41(45)46)49-27-32-14-8-4-9-15-32/h3-23,25,38-40H,2,24,26-29H2,1H3,(H,45,46). The Morgan fingerprint density at radius 3 is 1.85 bits per heavy atom. The molecular formula is C43H41ClO8. The number of ether oxygens (including phenoxy) is 6. The Bertz CT molecular complexity index is 1920. The zero-order chi connectivity index (χ0) is 36.0. The third kappa shape index (κ3) is 7.50. The predicted molar refractivity (Wildman–Crippen MR) is 196 cm³/mol. The van der Waals surface area contributed by atoms with Crippen LogP contribution in [0.3, 0.4) is 0 Å². The lowest BCUT2D eigenvalue weighted by molar-refractivity contribution is -0.345. The molecule has 1 N–H and O–H groups in total. The second kappa shape index (κ2) is 16.0. The quantitative estimate of drug-likeness (QED) is 0.116. The number of rotatable bonds is 15. The molecule has 2 bridgehead atoms. The van der Waals surface area contributed by atoms with Gasteiger partial charge in [-0.1, -0.05) is 121 Å². The van der Waals surface area contributed by atoms with Crippen LogP contribution < -0.4 is 4.74 Å². The van der Waals surface area contributed by atoms with Gasteiger partial charge in [-0.05, 0) is 65.4 Å². The molecule has 0 radical (unpaired) electrons. The van der Waals surface area contributed by atoms with Crippen LogP contribution in [0, 0.1) is 0 Å². The molecule has 8 nitrogen and oxygen atoms in total. The van der Waals surface area contributed by atoms with Crippen molar-refractivity contribution in [3.05, 3.63) is 172 Å². The number of halogens is 1. The first-order valence-electron chi connectivity index (χ1n) is 17.4. The van der Waals surface area contributed by atoms with Crippen LogP contribution in [0.15, 0.2) is 133 Å². The fourth-order valence-corrected chi connectivity index (χ4v) is 7.10. The van der Waals surface area contributed by atoms with Crippen molar-refractivity contribution in [3.63, 3.8) is 0 Å². The van der Waals surface area contributed by atoms with E-state index >= 15 is 0 Å². The molecule has 2 fully saturated rings. The SMILES string of the molecule is CCOc1ccc(Cc2cc(C34OCC(C(=O)O)(O3)C(OCc3ccccc3)C(OCc3ccccc3)C4OCc3ccccc3)ccc2Cl)cc1. The number of hydrogen-bond donors (Lipinski definition) is 1. The lowest BCUT2D eigenvalue weighted by Gasteiger charge is -2.49. The summed E-state index contributed by atoms with van der Waals surface area (Å²) in [6.07, 6.45) is -2.51. The molecule has 268 valence electrons. The fraction of sp³-hybridized carbons (Fsp3) is 0.279. The van der Waals surface area contributed by atoms with E-state index < -0.39 is 35.7 Å². The molecule has 0 saturated carbocycles. The van der Waals surface area contributed by atoms with Crippen LogP contribution >= 0.6 is 11.6 Å². The molecule has 0 aromatic heterocycles. The molecule has 2 saturated heterocycles. The van der Waals surface area contributed by atoms with Gasteiger partial charge in [-0.15, -0.1) is 0 Å². The highest BCUT2D eigenvalue weighted by Gasteiger charge is 2.72. The molecule has 0 amide bonds. The zero-order valence-electron chi connectivity index (χ0n) is 28.9. The number of carboxylic acid groups (broad SMARTS) is 1. The van der Waals surface area contributed by atoms with E-state index in [0.29, 0.717) is 23.6 Å². The summed E-state index contributed by atoms with van der Waals surface area (Å²) in [4.78, 5) is 13.5. The van der Waals surface area contributed by atoms with Crippen LogP contribution in [0.4, 0.5) is 0 Å². The van der Waals surface area contributed by atoms with Gasteiger partial charge in [0, 0.05) is 10.6 Å². The van der Waals surface area contributed by atoms with Gasteiger partial charge < -0.3 is 33.5 Å². The molecule has 5 aromatic carbocycles. The summed E-state index contributed by atoms with van der Waals surface area (Å²) in [5.74, 6) is -2.11. The van der Waals surface area contributed by atoms with E-state index in [1.54, 1.807) is 12.1 Å². The summed E-state index contributed by atoms with van der Waals surface area (Å²) in [6, 6.07) is 42.4. The highest BCUT2D eigenvalue weighted by molar-refractivity contribution is 6.31. The van der Waals surface area contributed by atoms with Crippen molar-refractivity contribution in [1.29, 1.82) is 0 Å². The highest BCUT2D eigenvalue weighted by Crippen LogP contribution is 2.53. The molecular weight excluding hydrogens is 680 g/mol. The third-order valence-corrected chi connectivity index (χ3v) is 9.90. The second-order valence-electron chi connectivity index (χ2n) is 13.0. The smallest absolute Gasteiger partial charge is 0.341 e. The number of carboxylic acids is 1. The Kier molecular flexibility index (Phi) is 11.0.